The minimum Gasteiger partial charge on any atom is -0.452 e. The topological polar surface area (TPSA) is 64.4 Å². The van der Waals surface area contributed by atoms with Crippen LogP contribution in [-0.4, -0.2) is 46.3 Å². The van der Waals surface area contributed by atoms with Crippen molar-refractivity contribution in [2.75, 3.05) is 19.7 Å². The van der Waals surface area contributed by atoms with Gasteiger partial charge >= 0.3 is 5.97 Å². The SMILES string of the molecule is Cc1nn(-c2ccc(F)cc2)c(Cl)c1C=CC(=O)OCC(=O)N1CCCC(C)C1. The van der Waals surface area contributed by atoms with E-state index in [1.54, 1.807) is 24.0 Å². The highest BCUT2D eigenvalue weighted by atomic mass is 35.5. The molecule has 2 aromatic rings. The maximum Gasteiger partial charge on any atom is 0.331 e. The number of benzene rings is 1. The fourth-order valence-corrected chi connectivity index (χ4v) is 3.63. The second kappa shape index (κ2) is 9.22. The van der Waals surface area contributed by atoms with Crippen LogP contribution in [-0.2, 0) is 14.3 Å². The number of halogens is 2. The third-order valence-corrected chi connectivity index (χ3v) is 5.22. The molecule has 0 aliphatic carbocycles. The fraction of sp³-hybridized carbons (Fsp3) is 0.381. The minimum atomic E-state index is -0.631. The first kappa shape index (κ1) is 21.0. The van der Waals surface area contributed by atoms with E-state index in [9.17, 15) is 14.0 Å². The highest BCUT2D eigenvalue weighted by Crippen LogP contribution is 2.25. The summed E-state index contributed by atoms with van der Waals surface area (Å²) in [6.07, 6.45) is 4.80. The molecule has 1 fully saturated rings. The number of likely N-dealkylation sites (tertiary alicyclic amines) is 1. The Bertz CT molecular complexity index is 924. The van der Waals surface area contributed by atoms with Crippen molar-refractivity contribution in [3.8, 4) is 5.69 Å². The molecule has 0 N–H and O–H groups in total. The quantitative estimate of drug-likeness (QED) is 0.546. The molecule has 1 aromatic carbocycles. The Balaban J connectivity index is 1.61. The van der Waals surface area contributed by atoms with E-state index in [0.717, 1.165) is 12.8 Å². The summed E-state index contributed by atoms with van der Waals surface area (Å²) in [5.74, 6) is -0.707. The second-order valence-corrected chi connectivity index (χ2v) is 7.56. The highest BCUT2D eigenvalue weighted by Gasteiger charge is 2.21. The fourth-order valence-electron chi connectivity index (χ4n) is 3.29. The van der Waals surface area contributed by atoms with Crippen LogP contribution in [0.5, 0.6) is 0 Å². The molecule has 154 valence electrons. The zero-order valence-corrected chi connectivity index (χ0v) is 17.2. The number of ether oxygens (including phenoxy) is 1. The Morgan fingerprint density at radius 2 is 2.07 bits per heavy atom. The maximum absolute atomic E-state index is 13.1. The van der Waals surface area contributed by atoms with E-state index in [0.29, 0.717) is 36.0 Å². The molecule has 1 saturated heterocycles. The Labute approximate surface area is 173 Å². The van der Waals surface area contributed by atoms with E-state index in [1.165, 1.54) is 29.0 Å². The van der Waals surface area contributed by atoms with Gasteiger partial charge in [-0.05, 0) is 56.0 Å². The Morgan fingerprint density at radius 1 is 1.34 bits per heavy atom. The van der Waals surface area contributed by atoms with Crippen molar-refractivity contribution in [3.05, 3.63) is 52.6 Å². The molecule has 0 spiro atoms. The molecule has 0 radical (unpaired) electrons. The first-order valence-electron chi connectivity index (χ1n) is 9.49. The summed E-state index contributed by atoms with van der Waals surface area (Å²) in [7, 11) is 0. The summed E-state index contributed by atoms with van der Waals surface area (Å²) >= 11 is 6.37. The summed E-state index contributed by atoms with van der Waals surface area (Å²) in [4.78, 5) is 25.9. The summed E-state index contributed by atoms with van der Waals surface area (Å²) in [6, 6.07) is 5.75. The molecule has 3 rings (SSSR count). The molecule has 6 nitrogen and oxygen atoms in total. The first-order chi connectivity index (χ1) is 13.8. The minimum absolute atomic E-state index is 0.184. The largest absolute Gasteiger partial charge is 0.452 e. The number of piperidine rings is 1. The van der Waals surface area contributed by atoms with E-state index >= 15 is 0 Å². The van der Waals surface area contributed by atoms with Gasteiger partial charge in [0.05, 0.1) is 11.4 Å². The van der Waals surface area contributed by atoms with E-state index < -0.39 is 5.97 Å². The van der Waals surface area contributed by atoms with Gasteiger partial charge in [0, 0.05) is 24.7 Å². The zero-order valence-electron chi connectivity index (χ0n) is 16.4. The number of carbonyl (C=O) groups is 2. The summed E-state index contributed by atoms with van der Waals surface area (Å²) < 4.78 is 19.6. The molecular formula is C21H23ClFN3O3. The number of hydrogen-bond donors (Lipinski definition) is 0. The van der Waals surface area contributed by atoms with Gasteiger partial charge in [-0.25, -0.2) is 13.9 Å². The van der Waals surface area contributed by atoms with Gasteiger partial charge in [0.2, 0.25) is 0 Å². The van der Waals surface area contributed by atoms with Gasteiger partial charge in [0.15, 0.2) is 6.61 Å². The van der Waals surface area contributed by atoms with Gasteiger partial charge in [-0.15, -0.1) is 0 Å². The average Bonchev–Trinajstić information content (AvgIpc) is 2.98. The maximum atomic E-state index is 13.1. The van der Waals surface area contributed by atoms with Crippen molar-refractivity contribution in [2.24, 2.45) is 5.92 Å². The van der Waals surface area contributed by atoms with Gasteiger partial charge in [-0.1, -0.05) is 18.5 Å². The van der Waals surface area contributed by atoms with Crippen LogP contribution in [0.15, 0.2) is 30.3 Å². The lowest BCUT2D eigenvalue weighted by Crippen LogP contribution is -2.41. The van der Waals surface area contributed by atoms with Crippen LogP contribution in [0.3, 0.4) is 0 Å². The highest BCUT2D eigenvalue weighted by molar-refractivity contribution is 6.31. The first-order valence-corrected chi connectivity index (χ1v) is 9.86. The molecule has 0 saturated carbocycles. The molecular weight excluding hydrogens is 397 g/mol. The molecule has 0 bridgehead atoms. The smallest absolute Gasteiger partial charge is 0.331 e. The summed E-state index contributed by atoms with van der Waals surface area (Å²) in [5, 5.41) is 4.62. The molecule has 2 heterocycles. The van der Waals surface area contributed by atoms with Gasteiger partial charge in [0.25, 0.3) is 5.91 Å². The van der Waals surface area contributed by atoms with Crippen LogP contribution >= 0.6 is 11.6 Å². The van der Waals surface area contributed by atoms with Crippen molar-refractivity contribution >= 4 is 29.6 Å². The lowest BCUT2D eigenvalue weighted by Gasteiger charge is -2.30. The van der Waals surface area contributed by atoms with E-state index in [4.69, 9.17) is 16.3 Å². The van der Waals surface area contributed by atoms with Gasteiger partial charge in [0.1, 0.15) is 11.0 Å². The number of carbonyl (C=O) groups excluding carboxylic acids is 2. The standard InChI is InChI=1S/C21H23ClFN3O3/c1-14-4-3-11-25(12-14)19(27)13-29-20(28)10-9-18-15(2)24-26(21(18)22)17-7-5-16(23)6-8-17/h5-10,14H,3-4,11-13H2,1-2H3. The molecule has 8 heteroatoms. The summed E-state index contributed by atoms with van der Waals surface area (Å²) in [5.41, 5.74) is 1.74. The number of esters is 1. The molecule has 1 atom stereocenters. The van der Waals surface area contributed by atoms with Crippen molar-refractivity contribution in [2.45, 2.75) is 26.7 Å². The van der Waals surface area contributed by atoms with Gasteiger partial charge < -0.3 is 9.64 Å². The van der Waals surface area contributed by atoms with E-state index in [-0.39, 0.29) is 23.5 Å². The van der Waals surface area contributed by atoms with Crippen LogP contribution in [0.2, 0.25) is 5.15 Å². The molecule has 1 unspecified atom stereocenters. The number of aromatic nitrogens is 2. The number of nitrogens with zero attached hydrogens (tertiary/aromatic N) is 3. The lowest BCUT2D eigenvalue weighted by molar-refractivity contribution is -0.149. The summed E-state index contributed by atoms with van der Waals surface area (Å²) in [6.45, 7) is 4.97. The van der Waals surface area contributed by atoms with Crippen LogP contribution in [0.4, 0.5) is 4.39 Å². The number of amides is 1. The van der Waals surface area contributed by atoms with Crippen molar-refractivity contribution in [1.29, 1.82) is 0 Å². The normalized spacial score (nSPS) is 17.0. The van der Waals surface area contributed by atoms with Crippen LogP contribution in [0.25, 0.3) is 11.8 Å². The van der Waals surface area contributed by atoms with Crippen LogP contribution < -0.4 is 0 Å². The van der Waals surface area contributed by atoms with E-state index in [2.05, 4.69) is 12.0 Å². The van der Waals surface area contributed by atoms with E-state index in [1.807, 2.05) is 0 Å². The number of aryl methyl sites for hydroxylation is 1. The third-order valence-electron chi connectivity index (χ3n) is 4.85. The van der Waals surface area contributed by atoms with Crippen LogP contribution in [0.1, 0.15) is 31.0 Å². The Kier molecular flexibility index (Phi) is 6.69. The van der Waals surface area contributed by atoms with Gasteiger partial charge in [-0.3, -0.25) is 4.79 Å². The monoisotopic (exact) mass is 419 g/mol. The molecule has 1 amide bonds. The average molecular weight is 420 g/mol. The predicted molar refractivity (Wildman–Crippen MR) is 108 cm³/mol. The molecule has 1 aliphatic rings. The number of rotatable bonds is 5. The predicted octanol–water partition coefficient (Wildman–Crippen LogP) is 3.79. The van der Waals surface area contributed by atoms with Gasteiger partial charge in [-0.2, -0.15) is 5.10 Å². The molecule has 29 heavy (non-hydrogen) atoms. The molecule has 1 aromatic heterocycles. The zero-order chi connectivity index (χ0) is 21.0. The third kappa shape index (κ3) is 5.23. The second-order valence-electron chi connectivity index (χ2n) is 7.21. The number of hydrogen-bond acceptors (Lipinski definition) is 4. The van der Waals surface area contributed by atoms with Crippen molar-refractivity contribution < 1.29 is 18.7 Å². The van der Waals surface area contributed by atoms with Crippen molar-refractivity contribution in [3.63, 3.8) is 0 Å². The van der Waals surface area contributed by atoms with Crippen LogP contribution in [0, 0.1) is 18.7 Å². The lowest BCUT2D eigenvalue weighted by atomic mass is 10.0. The molecule has 1 aliphatic heterocycles. The Hall–Kier alpha value is -2.67. The van der Waals surface area contributed by atoms with Crippen molar-refractivity contribution in [1.82, 2.24) is 14.7 Å². The Morgan fingerprint density at radius 3 is 2.76 bits per heavy atom.